The monoisotopic (exact) mass is 437 g/mol. The van der Waals surface area contributed by atoms with E-state index in [0.717, 1.165) is 11.1 Å². The van der Waals surface area contributed by atoms with Crippen LogP contribution in [0.2, 0.25) is 0 Å². The van der Waals surface area contributed by atoms with Gasteiger partial charge < -0.3 is 10.1 Å². The molecule has 4 aromatic rings. The average Bonchev–Trinajstić information content (AvgIpc) is 2.82. The first kappa shape index (κ1) is 21.8. The first-order valence-corrected chi connectivity index (χ1v) is 10.5. The molecule has 164 valence electrons. The van der Waals surface area contributed by atoms with Crippen molar-refractivity contribution in [3.8, 4) is 5.75 Å². The third kappa shape index (κ3) is 5.83. The quantitative estimate of drug-likeness (QED) is 0.310. The third-order valence-corrected chi connectivity index (χ3v) is 4.96. The number of anilines is 1. The van der Waals surface area contributed by atoms with Crippen molar-refractivity contribution in [3.63, 3.8) is 0 Å². The predicted octanol–water partition coefficient (Wildman–Crippen LogP) is 5.14. The Bertz CT molecular complexity index is 1330. The van der Waals surface area contributed by atoms with Crippen LogP contribution in [-0.2, 0) is 11.4 Å². The maximum atomic E-state index is 12.3. The van der Waals surface area contributed by atoms with Gasteiger partial charge in [0, 0.05) is 18.2 Å². The molecule has 0 fully saturated rings. The van der Waals surface area contributed by atoms with Gasteiger partial charge in [0.15, 0.2) is 0 Å². The molecule has 0 saturated carbocycles. The van der Waals surface area contributed by atoms with Crippen molar-refractivity contribution in [2.45, 2.75) is 13.5 Å². The largest absolute Gasteiger partial charge is 0.489 e. The van der Waals surface area contributed by atoms with Crippen molar-refractivity contribution in [1.29, 1.82) is 0 Å². The number of nitrogens with one attached hydrogen (secondary N) is 2. The van der Waals surface area contributed by atoms with Crippen LogP contribution in [0.3, 0.4) is 0 Å². The number of rotatable bonds is 7. The second-order valence-corrected chi connectivity index (χ2v) is 7.46. The van der Waals surface area contributed by atoms with Crippen LogP contribution in [0.25, 0.3) is 10.8 Å². The van der Waals surface area contributed by atoms with Gasteiger partial charge in [-0.2, -0.15) is 5.10 Å². The molecule has 0 saturated heterocycles. The lowest BCUT2D eigenvalue weighted by Crippen LogP contribution is -2.18. The predicted molar refractivity (Wildman–Crippen MR) is 131 cm³/mol. The van der Waals surface area contributed by atoms with Crippen LogP contribution < -0.4 is 15.5 Å². The summed E-state index contributed by atoms with van der Waals surface area (Å²) in [6, 6.07) is 28.5. The van der Waals surface area contributed by atoms with Crippen molar-refractivity contribution in [2.24, 2.45) is 5.10 Å². The minimum Gasteiger partial charge on any atom is -0.489 e. The van der Waals surface area contributed by atoms with Gasteiger partial charge in [-0.15, -0.1) is 0 Å². The number of hydrazone groups is 1. The molecule has 2 N–H and O–H groups in total. The van der Waals surface area contributed by atoms with Gasteiger partial charge in [0.05, 0.1) is 6.21 Å². The van der Waals surface area contributed by atoms with Crippen LogP contribution in [0, 0.1) is 0 Å². The number of fused-ring (bicyclic) bond motifs is 1. The number of amides is 2. The molecule has 4 aromatic carbocycles. The highest BCUT2D eigenvalue weighted by atomic mass is 16.5. The van der Waals surface area contributed by atoms with E-state index in [1.54, 1.807) is 30.5 Å². The Hall–Kier alpha value is -4.45. The fourth-order valence-electron chi connectivity index (χ4n) is 3.44. The van der Waals surface area contributed by atoms with Crippen molar-refractivity contribution in [3.05, 3.63) is 108 Å². The van der Waals surface area contributed by atoms with Gasteiger partial charge in [0.25, 0.3) is 5.91 Å². The van der Waals surface area contributed by atoms with Gasteiger partial charge in [-0.25, -0.2) is 5.43 Å². The first-order valence-electron chi connectivity index (χ1n) is 10.5. The second-order valence-electron chi connectivity index (χ2n) is 7.46. The molecule has 6 nitrogen and oxygen atoms in total. The van der Waals surface area contributed by atoms with Crippen LogP contribution in [0.15, 0.2) is 96.1 Å². The van der Waals surface area contributed by atoms with Crippen LogP contribution in [-0.4, -0.2) is 18.0 Å². The molecule has 6 heteroatoms. The third-order valence-electron chi connectivity index (χ3n) is 4.96. The van der Waals surface area contributed by atoms with Gasteiger partial charge in [-0.3, -0.25) is 9.59 Å². The zero-order valence-corrected chi connectivity index (χ0v) is 18.1. The summed E-state index contributed by atoms with van der Waals surface area (Å²) in [6.07, 6.45) is 1.56. The van der Waals surface area contributed by atoms with E-state index in [1.807, 2.05) is 42.5 Å². The Morgan fingerprint density at radius 2 is 1.70 bits per heavy atom. The summed E-state index contributed by atoms with van der Waals surface area (Å²) in [6.45, 7) is 1.86. The van der Waals surface area contributed by atoms with Crippen LogP contribution >= 0.6 is 0 Å². The summed E-state index contributed by atoms with van der Waals surface area (Å²) in [7, 11) is 0. The molecular formula is C27H23N3O3. The fourth-order valence-corrected chi connectivity index (χ4v) is 3.44. The minimum absolute atomic E-state index is 0.201. The Morgan fingerprint density at radius 3 is 2.58 bits per heavy atom. The molecule has 0 unspecified atom stereocenters. The lowest BCUT2D eigenvalue weighted by molar-refractivity contribution is -0.114. The molecule has 2 amide bonds. The number of carbonyl (C=O) groups is 2. The summed E-state index contributed by atoms with van der Waals surface area (Å²) in [4.78, 5) is 23.5. The summed E-state index contributed by atoms with van der Waals surface area (Å²) in [5.74, 6) is 0.135. The number of nitrogens with zero attached hydrogens (tertiary/aromatic N) is 1. The van der Waals surface area contributed by atoms with E-state index in [0.29, 0.717) is 23.6 Å². The van der Waals surface area contributed by atoms with Gasteiger partial charge in [-0.1, -0.05) is 60.7 Å². The molecular weight excluding hydrogens is 414 g/mol. The van der Waals surface area contributed by atoms with Crippen molar-refractivity contribution in [2.75, 3.05) is 5.32 Å². The molecule has 0 aliphatic rings. The summed E-state index contributed by atoms with van der Waals surface area (Å²) < 4.78 is 6.00. The number of ether oxygens (including phenoxy) is 1. The van der Waals surface area contributed by atoms with Crippen LogP contribution in [0.4, 0.5) is 5.69 Å². The van der Waals surface area contributed by atoms with Gasteiger partial charge in [0.1, 0.15) is 12.4 Å². The highest BCUT2D eigenvalue weighted by Crippen LogP contribution is 2.21. The topological polar surface area (TPSA) is 79.8 Å². The molecule has 0 spiro atoms. The van der Waals surface area contributed by atoms with Crippen molar-refractivity contribution >= 4 is 34.5 Å². The Morgan fingerprint density at radius 1 is 0.909 bits per heavy atom. The lowest BCUT2D eigenvalue weighted by atomic mass is 10.1. The van der Waals surface area contributed by atoms with Crippen molar-refractivity contribution < 1.29 is 14.3 Å². The zero-order chi connectivity index (χ0) is 23.0. The van der Waals surface area contributed by atoms with Gasteiger partial charge in [-0.05, 0) is 52.2 Å². The summed E-state index contributed by atoms with van der Waals surface area (Å²) in [5.41, 5.74) is 5.35. The maximum absolute atomic E-state index is 12.3. The molecule has 0 radical (unpaired) electrons. The van der Waals surface area contributed by atoms with Crippen LogP contribution in [0.5, 0.6) is 5.75 Å². The van der Waals surface area contributed by atoms with Crippen molar-refractivity contribution in [1.82, 2.24) is 5.43 Å². The molecule has 0 bridgehead atoms. The molecule has 33 heavy (non-hydrogen) atoms. The number of hydrogen-bond acceptors (Lipinski definition) is 4. The average molecular weight is 437 g/mol. The number of benzene rings is 4. The Kier molecular flexibility index (Phi) is 6.75. The first-order chi connectivity index (χ1) is 16.1. The maximum Gasteiger partial charge on any atom is 0.271 e. The fraction of sp³-hybridized carbons (Fsp3) is 0.0741. The Labute approximate surface area is 191 Å². The normalized spacial score (nSPS) is 10.8. The molecule has 4 rings (SSSR count). The molecule has 0 heterocycles. The molecule has 0 aliphatic carbocycles. The van der Waals surface area contributed by atoms with E-state index in [4.69, 9.17) is 4.74 Å². The van der Waals surface area contributed by atoms with Gasteiger partial charge >= 0.3 is 0 Å². The van der Waals surface area contributed by atoms with E-state index in [9.17, 15) is 9.59 Å². The second kappa shape index (κ2) is 10.2. The van der Waals surface area contributed by atoms with E-state index < -0.39 is 0 Å². The standard InChI is InChI=1S/C27H23N3O3/c1-19(31)29-24-12-6-10-22(16-24)27(32)30-28-17-20-7-4-13-25(15-20)33-18-23-11-5-9-21-8-2-3-14-26(21)23/h2-17H,18H2,1H3,(H,29,31)(H,30,32). The highest BCUT2D eigenvalue weighted by Gasteiger charge is 2.06. The lowest BCUT2D eigenvalue weighted by Gasteiger charge is -2.09. The number of hydrogen-bond donors (Lipinski definition) is 2. The van der Waals surface area contributed by atoms with E-state index in [2.05, 4.69) is 40.1 Å². The van der Waals surface area contributed by atoms with E-state index >= 15 is 0 Å². The summed E-state index contributed by atoms with van der Waals surface area (Å²) in [5, 5.41) is 9.04. The van der Waals surface area contributed by atoms with E-state index in [-0.39, 0.29) is 11.8 Å². The van der Waals surface area contributed by atoms with Gasteiger partial charge in [0.2, 0.25) is 5.91 Å². The molecule has 0 aromatic heterocycles. The summed E-state index contributed by atoms with van der Waals surface area (Å²) >= 11 is 0. The molecule has 0 atom stereocenters. The highest BCUT2D eigenvalue weighted by molar-refractivity contribution is 5.97. The SMILES string of the molecule is CC(=O)Nc1cccc(C(=O)NN=Cc2cccc(OCc3cccc4ccccc34)c2)c1. The number of carbonyl (C=O) groups excluding carboxylic acids is 2. The zero-order valence-electron chi connectivity index (χ0n) is 18.1. The molecule has 0 aliphatic heterocycles. The van der Waals surface area contributed by atoms with Crippen LogP contribution in [0.1, 0.15) is 28.4 Å². The van der Waals surface area contributed by atoms with E-state index in [1.165, 1.54) is 17.7 Å². The minimum atomic E-state index is -0.373. The smallest absolute Gasteiger partial charge is 0.271 e. The Balaban J connectivity index is 1.38.